The summed E-state index contributed by atoms with van der Waals surface area (Å²) in [6.07, 6.45) is 10.0. The monoisotopic (exact) mass is 491 g/mol. The average Bonchev–Trinajstić information content (AvgIpc) is 3.65. The van der Waals surface area contributed by atoms with Crippen LogP contribution in [0.1, 0.15) is 77.1 Å². The van der Waals surface area contributed by atoms with Gasteiger partial charge in [0.15, 0.2) is 0 Å². The molecule has 2 aromatic heterocycles. The van der Waals surface area contributed by atoms with Crippen LogP contribution < -0.4 is 5.32 Å². The van der Waals surface area contributed by atoms with Crippen LogP contribution in [0.4, 0.5) is 0 Å². The zero-order chi connectivity index (χ0) is 25.5. The molecule has 0 saturated carbocycles. The standard InChI is InChI=1S/C28H37N5O3/c1-4-22(34)9-6-5-7-10-24(31-27(35)28(2)16-8-18-36-28)26-29-19-25(30-26)21-13-11-20(12-14-21)23-15-17-33(3)32-23/h11-15,17,19,24H,4-10,16,18H2,1-3H3,(H,29,30)(H,31,35)/t24-,28?/m0/s1. The van der Waals surface area contributed by atoms with E-state index < -0.39 is 5.60 Å². The highest BCUT2D eigenvalue weighted by Gasteiger charge is 2.39. The molecule has 4 rings (SSSR count). The van der Waals surface area contributed by atoms with Gasteiger partial charge < -0.3 is 15.0 Å². The van der Waals surface area contributed by atoms with E-state index in [0.29, 0.717) is 25.2 Å². The Hall–Kier alpha value is -3.26. The van der Waals surface area contributed by atoms with Crippen LogP contribution in [0.25, 0.3) is 22.5 Å². The van der Waals surface area contributed by atoms with Gasteiger partial charge in [-0.2, -0.15) is 5.10 Å². The van der Waals surface area contributed by atoms with Gasteiger partial charge in [-0.15, -0.1) is 0 Å². The molecule has 1 fully saturated rings. The molecule has 0 aliphatic carbocycles. The Morgan fingerprint density at radius 2 is 1.94 bits per heavy atom. The van der Waals surface area contributed by atoms with Gasteiger partial charge in [0, 0.05) is 38.3 Å². The van der Waals surface area contributed by atoms with E-state index in [1.54, 1.807) is 4.68 Å². The molecule has 0 spiro atoms. The zero-order valence-electron chi connectivity index (χ0n) is 21.5. The lowest BCUT2D eigenvalue weighted by Crippen LogP contribution is -2.45. The first-order chi connectivity index (χ1) is 17.4. The van der Waals surface area contributed by atoms with E-state index in [2.05, 4.69) is 20.4 Å². The minimum atomic E-state index is -0.789. The normalized spacial score (nSPS) is 18.3. The van der Waals surface area contributed by atoms with E-state index in [4.69, 9.17) is 4.74 Å². The van der Waals surface area contributed by atoms with Crippen LogP contribution in [0, 0.1) is 0 Å². The minimum absolute atomic E-state index is 0.0937. The van der Waals surface area contributed by atoms with E-state index in [0.717, 1.165) is 66.9 Å². The van der Waals surface area contributed by atoms with Gasteiger partial charge in [-0.3, -0.25) is 14.3 Å². The van der Waals surface area contributed by atoms with E-state index in [-0.39, 0.29) is 11.9 Å². The lowest BCUT2D eigenvalue weighted by Gasteiger charge is -2.25. The molecule has 192 valence electrons. The SMILES string of the molecule is CCC(=O)CCCCC[C@H](NC(=O)C1(C)CCCO1)c1ncc(-c2ccc(-c3ccn(C)n3)cc2)[nH]1. The molecular formula is C28H37N5O3. The third-order valence-electron chi connectivity index (χ3n) is 6.98. The van der Waals surface area contributed by atoms with Gasteiger partial charge in [0.2, 0.25) is 0 Å². The van der Waals surface area contributed by atoms with E-state index in [1.165, 1.54) is 0 Å². The lowest BCUT2D eigenvalue weighted by atomic mass is 10.00. The first kappa shape index (κ1) is 25.8. The van der Waals surface area contributed by atoms with Gasteiger partial charge in [0.25, 0.3) is 5.91 Å². The van der Waals surface area contributed by atoms with Crippen LogP contribution in [-0.4, -0.2) is 43.6 Å². The van der Waals surface area contributed by atoms with Crippen LogP contribution in [0.15, 0.2) is 42.7 Å². The van der Waals surface area contributed by atoms with Crippen molar-refractivity contribution < 1.29 is 14.3 Å². The van der Waals surface area contributed by atoms with Crippen molar-refractivity contribution in [2.45, 2.75) is 76.9 Å². The number of imidazole rings is 1. The van der Waals surface area contributed by atoms with Crippen LogP contribution >= 0.6 is 0 Å². The fraction of sp³-hybridized carbons (Fsp3) is 0.500. The Kier molecular flexibility index (Phi) is 8.36. The number of hydrogen-bond donors (Lipinski definition) is 2. The van der Waals surface area contributed by atoms with Gasteiger partial charge in [-0.1, -0.05) is 44.0 Å². The average molecular weight is 492 g/mol. The Balaban J connectivity index is 1.45. The Morgan fingerprint density at radius 3 is 2.61 bits per heavy atom. The molecule has 1 aliphatic heterocycles. The number of aromatic amines is 1. The number of aryl methyl sites for hydroxylation is 1. The summed E-state index contributed by atoms with van der Waals surface area (Å²) in [5.74, 6) is 0.943. The third-order valence-corrected chi connectivity index (χ3v) is 6.98. The summed E-state index contributed by atoms with van der Waals surface area (Å²) in [5.41, 5.74) is 3.11. The van der Waals surface area contributed by atoms with Crippen molar-refractivity contribution in [3.8, 4) is 22.5 Å². The molecule has 36 heavy (non-hydrogen) atoms. The van der Waals surface area contributed by atoms with Crippen molar-refractivity contribution in [2.75, 3.05) is 6.61 Å². The number of unbranched alkanes of at least 4 members (excludes halogenated alkanes) is 2. The van der Waals surface area contributed by atoms with Crippen molar-refractivity contribution in [3.05, 3.63) is 48.5 Å². The van der Waals surface area contributed by atoms with Crippen molar-refractivity contribution >= 4 is 11.7 Å². The number of ether oxygens (including phenoxy) is 1. The van der Waals surface area contributed by atoms with Gasteiger partial charge in [0.05, 0.1) is 23.6 Å². The molecule has 2 atom stereocenters. The molecule has 1 unspecified atom stereocenters. The van der Waals surface area contributed by atoms with Crippen molar-refractivity contribution in [1.29, 1.82) is 0 Å². The fourth-order valence-electron chi connectivity index (χ4n) is 4.62. The second kappa shape index (κ2) is 11.6. The highest BCUT2D eigenvalue weighted by atomic mass is 16.5. The predicted octanol–water partition coefficient (Wildman–Crippen LogP) is 5.13. The number of carbonyl (C=O) groups is 2. The maximum Gasteiger partial charge on any atom is 0.252 e. The van der Waals surface area contributed by atoms with Gasteiger partial charge in [-0.05, 0) is 44.2 Å². The Labute approximate surface area is 212 Å². The van der Waals surface area contributed by atoms with Crippen molar-refractivity contribution in [2.24, 2.45) is 7.05 Å². The molecule has 1 aliphatic rings. The van der Waals surface area contributed by atoms with Crippen LogP contribution in [-0.2, 0) is 21.4 Å². The fourth-order valence-corrected chi connectivity index (χ4v) is 4.62. The smallest absolute Gasteiger partial charge is 0.252 e. The van der Waals surface area contributed by atoms with E-state index >= 15 is 0 Å². The summed E-state index contributed by atoms with van der Waals surface area (Å²) in [5, 5.41) is 7.65. The maximum absolute atomic E-state index is 13.1. The number of rotatable bonds is 12. The number of H-pyrrole nitrogens is 1. The van der Waals surface area contributed by atoms with Gasteiger partial charge in [0.1, 0.15) is 17.2 Å². The van der Waals surface area contributed by atoms with Crippen molar-refractivity contribution in [3.63, 3.8) is 0 Å². The number of hydrogen-bond acceptors (Lipinski definition) is 5. The molecule has 8 nitrogen and oxygen atoms in total. The topological polar surface area (TPSA) is 102 Å². The highest BCUT2D eigenvalue weighted by Crippen LogP contribution is 2.29. The highest BCUT2D eigenvalue weighted by molar-refractivity contribution is 5.85. The summed E-state index contributed by atoms with van der Waals surface area (Å²) in [6, 6.07) is 9.94. The number of aromatic nitrogens is 4. The lowest BCUT2D eigenvalue weighted by molar-refractivity contribution is -0.140. The van der Waals surface area contributed by atoms with Gasteiger partial charge >= 0.3 is 0 Å². The van der Waals surface area contributed by atoms with Gasteiger partial charge in [-0.25, -0.2) is 4.98 Å². The molecule has 1 saturated heterocycles. The first-order valence-corrected chi connectivity index (χ1v) is 13.0. The molecule has 3 aromatic rings. The molecule has 1 aromatic carbocycles. The molecule has 0 bridgehead atoms. The number of Topliss-reactive ketones (excluding diaryl/α,β-unsaturated/α-hetero) is 1. The van der Waals surface area contributed by atoms with E-state index in [9.17, 15) is 9.59 Å². The summed E-state index contributed by atoms with van der Waals surface area (Å²) in [4.78, 5) is 32.8. The van der Waals surface area contributed by atoms with Crippen LogP contribution in [0.5, 0.6) is 0 Å². The minimum Gasteiger partial charge on any atom is -0.365 e. The molecule has 1 amide bonds. The zero-order valence-corrected chi connectivity index (χ0v) is 21.5. The molecule has 2 N–H and O–H groups in total. The molecular weight excluding hydrogens is 454 g/mol. The summed E-state index contributed by atoms with van der Waals surface area (Å²) in [6.45, 7) is 4.37. The Bertz CT molecular complexity index is 1160. The number of amides is 1. The Morgan fingerprint density at radius 1 is 1.17 bits per heavy atom. The van der Waals surface area contributed by atoms with Crippen molar-refractivity contribution in [1.82, 2.24) is 25.1 Å². The van der Waals surface area contributed by atoms with Crippen LogP contribution in [0.2, 0.25) is 0 Å². The number of nitrogens with zero attached hydrogens (tertiary/aromatic N) is 3. The second-order valence-corrected chi connectivity index (χ2v) is 9.83. The molecule has 0 radical (unpaired) electrons. The van der Waals surface area contributed by atoms with E-state index in [1.807, 2.05) is 63.6 Å². The number of nitrogens with one attached hydrogen (secondary N) is 2. The number of ketones is 1. The molecule has 3 heterocycles. The number of carbonyl (C=O) groups excluding carboxylic acids is 2. The third kappa shape index (κ3) is 6.29. The molecule has 8 heteroatoms. The largest absolute Gasteiger partial charge is 0.365 e. The maximum atomic E-state index is 13.1. The summed E-state index contributed by atoms with van der Waals surface area (Å²) >= 11 is 0. The number of benzene rings is 1. The second-order valence-electron chi connectivity index (χ2n) is 9.83. The summed E-state index contributed by atoms with van der Waals surface area (Å²) in [7, 11) is 1.91. The quantitative estimate of drug-likeness (QED) is 0.342. The predicted molar refractivity (Wildman–Crippen MR) is 139 cm³/mol. The summed E-state index contributed by atoms with van der Waals surface area (Å²) < 4.78 is 7.55. The first-order valence-electron chi connectivity index (χ1n) is 13.0. The van der Waals surface area contributed by atoms with Crippen LogP contribution in [0.3, 0.4) is 0 Å².